The van der Waals surface area contributed by atoms with Crippen molar-refractivity contribution in [3.8, 4) is 0 Å². The van der Waals surface area contributed by atoms with Crippen molar-refractivity contribution in [3.63, 3.8) is 0 Å². The van der Waals surface area contributed by atoms with Crippen molar-refractivity contribution >= 4 is 17.5 Å². The van der Waals surface area contributed by atoms with Gasteiger partial charge in [0.2, 0.25) is 5.91 Å². The lowest BCUT2D eigenvalue weighted by atomic mass is 10.3. The molecule has 0 spiro atoms. The summed E-state index contributed by atoms with van der Waals surface area (Å²) < 4.78 is 1.70. The topological polar surface area (TPSA) is 103 Å². The Labute approximate surface area is 87.2 Å². The first-order valence-electron chi connectivity index (χ1n) is 4.56. The number of carbonyl (C=O) groups excluding carboxylic acids is 2. The van der Waals surface area contributed by atoms with E-state index in [4.69, 9.17) is 11.5 Å². The first kappa shape index (κ1) is 11.1. The Hall–Kier alpha value is -1.98. The van der Waals surface area contributed by atoms with E-state index in [1.807, 2.05) is 6.92 Å². The normalized spacial score (nSPS) is 9.93. The fourth-order valence-electron chi connectivity index (χ4n) is 1.24. The van der Waals surface area contributed by atoms with Gasteiger partial charge in [-0.2, -0.15) is 0 Å². The second kappa shape index (κ2) is 4.50. The molecule has 0 aliphatic rings. The van der Waals surface area contributed by atoms with Gasteiger partial charge in [0.25, 0.3) is 5.91 Å². The van der Waals surface area contributed by atoms with Crippen LogP contribution >= 0.6 is 0 Å². The van der Waals surface area contributed by atoms with Gasteiger partial charge in [-0.25, -0.2) is 0 Å². The molecule has 0 atom stereocenters. The Bertz CT molecular complexity index is 383. The van der Waals surface area contributed by atoms with Gasteiger partial charge >= 0.3 is 0 Å². The molecular formula is C9H14N4O2. The summed E-state index contributed by atoms with van der Waals surface area (Å²) in [7, 11) is 0. The third kappa shape index (κ3) is 2.73. The Morgan fingerprint density at radius 1 is 1.53 bits per heavy atom. The predicted molar refractivity (Wildman–Crippen MR) is 56.0 cm³/mol. The maximum absolute atomic E-state index is 11.5. The number of amides is 2. The fraction of sp³-hybridized carbons (Fsp3) is 0.333. The summed E-state index contributed by atoms with van der Waals surface area (Å²) in [5, 5.41) is 2.40. The lowest BCUT2D eigenvalue weighted by Crippen LogP contribution is -2.34. The number of nitrogens with two attached hydrogens (primary N) is 2. The number of nitrogens with one attached hydrogen (secondary N) is 1. The SMILES string of the molecule is CCn1cc(N)cc1C(=O)NCC(N)=O. The van der Waals surface area contributed by atoms with Crippen LogP contribution in [0.15, 0.2) is 12.3 Å². The molecule has 0 aliphatic carbocycles. The third-order valence-corrected chi connectivity index (χ3v) is 1.91. The maximum atomic E-state index is 11.5. The minimum absolute atomic E-state index is 0.173. The van der Waals surface area contributed by atoms with Gasteiger partial charge < -0.3 is 21.4 Å². The summed E-state index contributed by atoms with van der Waals surface area (Å²) in [5.41, 5.74) is 11.4. The van der Waals surface area contributed by atoms with Crippen molar-refractivity contribution in [1.29, 1.82) is 0 Å². The molecule has 1 aromatic heterocycles. The van der Waals surface area contributed by atoms with Crippen molar-refractivity contribution in [2.75, 3.05) is 12.3 Å². The van der Waals surface area contributed by atoms with Crippen molar-refractivity contribution in [1.82, 2.24) is 9.88 Å². The van der Waals surface area contributed by atoms with Crippen LogP contribution in [0.3, 0.4) is 0 Å². The molecule has 0 bridgehead atoms. The van der Waals surface area contributed by atoms with E-state index in [2.05, 4.69) is 5.32 Å². The Balaban J connectivity index is 2.76. The number of hydrogen-bond acceptors (Lipinski definition) is 3. The van der Waals surface area contributed by atoms with Crippen LogP contribution in [0.25, 0.3) is 0 Å². The molecular weight excluding hydrogens is 196 g/mol. The van der Waals surface area contributed by atoms with Gasteiger partial charge in [0.05, 0.1) is 12.2 Å². The van der Waals surface area contributed by atoms with Crippen LogP contribution in [0, 0.1) is 0 Å². The first-order valence-corrected chi connectivity index (χ1v) is 4.56. The van der Waals surface area contributed by atoms with Crippen LogP contribution in [0.2, 0.25) is 0 Å². The Morgan fingerprint density at radius 2 is 2.20 bits per heavy atom. The van der Waals surface area contributed by atoms with E-state index in [0.717, 1.165) is 0 Å². The average molecular weight is 210 g/mol. The number of nitrogen functional groups attached to an aromatic ring is 1. The van der Waals surface area contributed by atoms with Crippen LogP contribution in [0.1, 0.15) is 17.4 Å². The lowest BCUT2D eigenvalue weighted by Gasteiger charge is -2.05. The number of hydrogen-bond donors (Lipinski definition) is 3. The molecule has 5 N–H and O–H groups in total. The number of nitrogens with zero attached hydrogens (tertiary/aromatic N) is 1. The van der Waals surface area contributed by atoms with Gasteiger partial charge in [0, 0.05) is 12.7 Å². The van der Waals surface area contributed by atoms with E-state index in [1.54, 1.807) is 16.8 Å². The smallest absolute Gasteiger partial charge is 0.268 e. The molecule has 0 fully saturated rings. The quantitative estimate of drug-likeness (QED) is 0.612. The molecule has 0 radical (unpaired) electrons. The maximum Gasteiger partial charge on any atom is 0.268 e. The second-order valence-corrected chi connectivity index (χ2v) is 3.09. The van der Waals surface area contributed by atoms with E-state index in [-0.39, 0.29) is 12.5 Å². The standard InChI is InChI=1S/C9H14N4O2/c1-2-13-5-6(10)3-7(13)9(15)12-4-8(11)14/h3,5H,2,4,10H2,1H3,(H2,11,14)(H,12,15). The van der Waals surface area contributed by atoms with Gasteiger partial charge in [0.15, 0.2) is 0 Å². The number of anilines is 1. The second-order valence-electron chi connectivity index (χ2n) is 3.09. The van der Waals surface area contributed by atoms with Crippen molar-refractivity contribution < 1.29 is 9.59 Å². The molecule has 6 heteroatoms. The number of carbonyl (C=O) groups is 2. The van der Waals surface area contributed by atoms with Crippen molar-refractivity contribution in [2.24, 2.45) is 5.73 Å². The highest BCUT2D eigenvalue weighted by Gasteiger charge is 2.11. The van der Waals surface area contributed by atoms with E-state index in [0.29, 0.717) is 17.9 Å². The summed E-state index contributed by atoms with van der Waals surface area (Å²) >= 11 is 0. The minimum Gasteiger partial charge on any atom is -0.397 e. The highest BCUT2D eigenvalue weighted by molar-refractivity contribution is 5.95. The lowest BCUT2D eigenvalue weighted by molar-refractivity contribution is -0.117. The zero-order chi connectivity index (χ0) is 11.4. The van der Waals surface area contributed by atoms with Crippen LogP contribution in [-0.2, 0) is 11.3 Å². The molecule has 82 valence electrons. The average Bonchev–Trinajstić information content (AvgIpc) is 2.56. The van der Waals surface area contributed by atoms with E-state index in [1.165, 1.54) is 0 Å². The molecule has 1 rings (SSSR count). The van der Waals surface area contributed by atoms with Crippen molar-refractivity contribution in [2.45, 2.75) is 13.5 Å². The molecule has 0 aromatic carbocycles. The summed E-state index contributed by atoms with van der Waals surface area (Å²) in [6.45, 7) is 2.36. The number of aromatic nitrogens is 1. The van der Waals surface area contributed by atoms with E-state index >= 15 is 0 Å². The molecule has 2 amide bonds. The first-order chi connectivity index (χ1) is 7.04. The fourth-order valence-corrected chi connectivity index (χ4v) is 1.24. The zero-order valence-corrected chi connectivity index (χ0v) is 8.49. The molecule has 6 nitrogen and oxygen atoms in total. The third-order valence-electron chi connectivity index (χ3n) is 1.91. The van der Waals surface area contributed by atoms with Gasteiger partial charge in [0.1, 0.15) is 5.69 Å². The molecule has 0 aliphatic heterocycles. The molecule has 0 saturated heterocycles. The predicted octanol–water partition coefficient (Wildman–Crippen LogP) is -0.695. The van der Waals surface area contributed by atoms with Gasteiger partial charge in [-0.15, -0.1) is 0 Å². The van der Waals surface area contributed by atoms with Gasteiger partial charge in [-0.05, 0) is 13.0 Å². The Kier molecular flexibility index (Phi) is 3.33. The van der Waals surface area contributed by atoms with Crippen LogP contribution in [0.5, 0.6) is 0 Å². The highest BCUT2D eigenvalue weighted by atomic mass is 16.2. The molecule has 15 heavy (non-hydrogen) atoms. The summed E-state index contributed by atoms with van der Waals surface area (Å²) in [5.74, 6) is -0.932. The minimum atomic E-state index is -0.578. The van der Waals surface area contributed by atoms with Gasteiger partial charge in [-0.3, -0.25) is 9.59 Å². The zero-order valence-electron chi connectivity index (χ0n) is 8.49. The molecule has 0 saturated carbocycles. The largest absolute Gasteiger partial charge is 0.397 e. The molecule has 0 unspecified atom stereocenters. The monoisotopic (exact) mass is 210 g/mol. The number of rotatable bonds is 4. The number of aryl methyl sites for hydroxylation is 1. The van der Waals surface area contributed by atoms with Crippen LogP contribution in [-0.4, -0.2) is 22.9 Å². The van der Waals surface area contributed by atoms with Crippen molar-refractivity contribution in [3.05, 3.63) is 18.0 Å². The van der Waals surface area contributed by atoms with E-state index in [9.17, 15) is 9.59 Å². The van der Waals surface area contributed by atoms with Crippen LogP contribution in [0.4, 0.5) is 5.69 Å². The summed E-state index contributed by atoms with van der Waals surface area (Å²) in [6.07, 6.45) is 1.67. The van der Waals surface area contributed by atoms with E-state index < -0.39 is 5.91 Å². The molecule has 1 heterocycles. The van der Waals surface area contributed by atoms with Gasteiger partial charge in [-0.1, -0.05) is 0 Å². The summed E-state index contributed by atoms with van der Waals surface area (Å²) in [6, 6.07) is 1.56. The summed E-state index contributed by atoms with van der Waals surface area (Å²) in [4.78, 5) is 22.0. The Morgan fingerprint density at radius 3 is 2.73 bits per heavy atom. The highest BCUT2D eigenvalue weighted by Crippen LogP contribution is 2.09. The molecule has 1 aromatic rings. The number of primary amides is 1. The van der Waals surface area contributed by atoms with Crippen LogP contribution < -0.4 is 16.8 Å².